The normalized spacial score (nSPS) is 19.2. The van der Waals surface area contributed by atoms with E-state index in [9.17, 15) is 15.1 Å². The molecule has 1 aliphatic heterocycles. The van der Waals surface area contributed by atoms with Crippen molar-refractivity contribution in [3.05, 3.63) is 30.0 Å². The molecule has 2 heterocycles. The fourth-order valence-electron chi connectivity index (χ4n) is 5.89. The van der Waals surface area contributed by atoms with E-state index in [1.165, 1.54) is 25.7 Å². The lowest BCUT2D eigenvalue weighted by atomic mass is 9.73. The Balaban J connectivity index is 1.45. The number of carbonyl (C=O) groups is 1. The number of anilines is 1. The van der Waals surface area contributed by atoms with E-state index in [2.05, 4.69) is 21.6 Å². The quantitative estimate of drug-likeness (QED) is 0.291. The van der Waals surface area contributed by atoms with Crippen LogP contribution in [0.25, 0.3) is 10.9 Å². The number of hydrogen-bond donors (Lipinski definition) is 3. The molecule has 0 spiro atoms. The van der Waals surface area contributed by atoms with Gasteiger partial charge in [-0.15, -0.1) is 0 Å². The molecule has 4 rings (SSSR count). The van der Waals surface area contributed by atoms with E-state index < -0.39 is 11.5 Å². The first-order valence-electron chi connectivity index (χ1n) is 13.5. The molecule has 0 bridgehead atoms. The average molecular weight is 531 g/mol. The van der Waals surface area contributed by atoms with Crippen molar-refractivity contribution < 1.29 is 19.8 Å². The van der Waals surface area contributed by atoms with Gasteiger partial charge < -0.3 is 19.6 Å². The lowest BCUT2D eigenvalue weighted by Gasteiger charge is -2.40. The number of hydroxylamine groups is 1. The van der Waals surface area contributed by atoms with Crippen LogP contribution in [-0.2, 0) is 4.79 Å². The topological polar surface area (TPSA) is 98.2 Å². The van der Waals surface area contributed by atoms with E-state index in [1.807, 2.05) is 42.7 Å². The van der Waals surface area contributed by atoms with Crippen LogP contribution in [0.1, 0.15) is 63.0 Å². The van der Waals surface area contributed by atoms with Gasteiger partial charge in [0.2, 0.25) is 5.91 Å². The summed E-state index contributed by atoms with van der Waals surface area (Å²) in [4.78, 5) is 21.9. The Hall–Kier alpha value is -2.07. The number of aliphatic hydroxyl groups excluding tert-OH is 1. The van der Waals surface area contributed by atoms with Gasteiger partial charge in [0, 0.05) is 42.6 Å². The van der Waals surface area contributed by atoms with Gasteiger partial charge in [-0.1, -0.05) is 12.8 Å². The van der Waals surface area contributed by atoms with Gasteiger partial charge in [0.25, 0.3) is 0 Å². The molecule has 2 fully saturated rings. The number of likely N-dealkylation sites (tertiary alicyclic amines) is 1. The number of methoxy groups -OCH3 is 1. The summed E-state index contributed by atoms with van der Waals surface area (Å²) >= 11 is 2.10. The molecule has 3 N–H and O–H groups in total. The number of nitrogens with zero attached hydrogens (tertiary/aromatic N) is 3. The van der Waals surface area contributed by atoms with Gasteiger partial charge in [-0.25, -0.2) is 5.48 Å². The molecule has 2 aliphatic rings. The van der Waals surface area contributed by atoms with Gasteiger partial charge in [0.05, 0.1) is 36.0 Å². The molecule has 1 saturated heterocycles. The highest BCUT2D eigenvalue weighted by molar-refractivity contribution is 7.99. The zero-order chi connectivity index (χ0) is 26.4. The Labute approximate surface area is 224 Å². The third kappa shape index (κ3) is 6.50. The first-order chi connectivity index (χ1) is 17.9. The fraction of sp³-hybridized carbons (Fsp3) is 0.643. The van der Waals surface area contributed by atoms with Crippen molar-refractivity contribution in [1.29, 1.82) is 0 Å². The van der Waals surface area contributed by atoms with Crippen molar-refractivity contribution in [3.63, 3.8) is 0 Å². The summed E-state index contributed by atoms with van der Waals surface area (Å²) in [6, 6.07) is 5.67. The molecule has 1 atom stereocenters. The molecular formula is C28H42N4O4S. The van der Waals surface area contributed by atoms with Crippen molar-refractivity contribution in [2.75, 3.05) is 51.5 Å². The maximum absolute atomic E-state index is 12.9. The van der Waals surface area contributed by atoms with Gasteiger partial charge in [0.15, 0.2) is 0 Å². The number of rotatable bonds is 11. The molecule has 1 amide bonds. The molecule has 1 aromatic carbocycles. The van der Waals surface area contributed by atoms with Crippen molar-refractivity contribution in [3.8, 4) is 5.75 Å². The van der Waals surface area contributed by atoms with Gasteiger partial charge in [-0.05, 0) is 69.8 Å². The molecule has 1 saturated carbocycles. The summed E-state index contributed by atoms with van der Waals surface area (Å²) in [7, 11) is 5.48. The molecule has 37 heavy (non-hydrogen) atoms. The van der Waals surface area contributed by atoms with Gasteiger partial charge in [-0.2, -0.15) is 11.8 Å². The number of carbonyl (C=O) groups excluding carboxylic acids is 1. The highest BCUT2D eigenvalue weighted by Gasteiger charge is 2.41. The first-order valence-corrected chi connectivity index (χ1v) is 14.5. The molecule has 0 radical (unpaired) electrons. The Morgan fingerprint density at radius 3 is 2.68 bits per heavy atom. The summed E-state index contributed by atoms with van der Waals surface area (Å²) in [5.41, 5.74) is 3.65. The van der Waals surface area contributed by atoms with Crippen LogP contribution in [-0.4, -0.2) is 77.9 Å². The number of fused-ring (bicyclic) bond motifs is 1. The Morgan fingerprint density at radius 1 is 1.30 bits per heavy atom. The largest absolute Gasteiger partial charge is 0.497 e. The number of ether oxygens (including phenoxy) is 1. The van der Waals surface area contributed by atoms with Crippen LogP contribution in [0.15, 0.2) is 24.4 Å². The van der Waals surface area contributed by atoms with E-state index in [0.717, 1.165) is 52.8 Å². The van der Waals surface area contributed by atoms with Gasteiger partial charge in [-0.3, -0.25) is 15.0 Å². The van der Waals surface area contributed by atoms with Crippen LogP contribution in [0.3, 0.4) is 0 Å². The maximum atomic E-state index is 12.9. The number of aromatic nitrogens is 1. The summed E-state index contributed by atoms with van der Waals surface area (Å²) in [5, 5.41) is 22.7. The molecular weight excluding hydrogens is 488 g/mol. The summed E-state index contributed by atoms with van der Waals surface area (Å²) < 4.78 is 5.43. The third-order valence-electron chi connectivity index (χ3n) is 8.27. The minimum atomic E-state index is -0.792. The second-order valence-corrected chi connectivity index (χ2v) is 12.1. The van der Waals surface area contributed by atoms with Crippen LogP contribution >= 0.6 is 11.8 Å². The average Bonchev–Trinajstić information content (AvgIpc) is 3.44. The fourth-order valence-corrected chi connectivity index (χ4v) is 7.25. The number of piperidine rings is 1. The van der Waals surface area contributed by atoms with Gasteiger partial charge >= 0.3 is 0 Å². The van der Waals surface area contributed by atoms with E-state index in [0.29, 0.717) is 31.4 Å². The number of benzene rings is 1. The first kappa shape index (κ1) is 28.0. The molecule has 1 aromatic heterocycles. The van der Waals surface area contributed by atoms with E-state index in [1.54, 1.807) is 13.3 Å². The predicted molar refractivity (Wildman–Crippen MR) is 150 cm³/mol. The SMILES string of the molecule is COc1ccc2ncc(N(C)C)c(C(O)CCC3(C(=O)NO)CCN(CCSC4CCCC4)CC3)c2c1. The summed E-state index contributed by atoms with van der Waals surface area (Å²) in [6.45, 7) is 2.69. The summed E-state index contributed by atoms with van der Waals surface area (Å²) in [5.74, 6) is 1.50. The minimum absolute atomic E-state index is 0.339. The number of nitrogens with one attached hydrogen (secondary N) is 1. The molecule has 8 nitrogen and oxygen atoms in total. The second kappa shape index (κ2) is 12.7. The molecule has 204 valence electrons. The van der Waals surface area contributed by atoms with Crippen molar-refractivity contribution in [2.45, 2.75) is 62.7 Å². The van der Waals surface area contributed by atoms with E-state index in [-0.39, 0.29) is 5.91 Å². The number of hydrogen-bond acceptors (Lipinski definition) is 8. The van der Waals surface area contributed by atoms with E-state index in [4.69, 9.17) is 4.74 Å². The number of aliphatic hydroxyl groups is 1. The zero-order valence-corrected chi connectivity index (χ0v) is 23.2. The smallest absolute Gasteiger partial charge is 0.249 e. The van der Waals surface area contributed by atoms with Crippen LogP contribution < -0.4 is 15.1 Å². The standard InChI is InChI=1S/C28H42N4O4S/c1-31(2)24-19-29-23-9-8-20(36-3)18-22(23)26(24)25(33)10-11-28(27(34)30-35)12-14-32(15-13-28)16-17-37-21-6-4-5-7-21/h8-9,18-19,21,25,33,35H,4-7,10-17H2,1-3H3,(H,30,34). The Bertz CT molecular complexity index is 1050. The zero-order valence-electron chi connectivity index (χ0n) is 22.4. The third-order valence-corrected chi connectivity index (χ3v) is 9.63. The molecule has 1 unspecified atom stereocenters. The van der Waals surface area contributed by atoms with Crippen LogP contribution in [0.4, 0.5) is 5.69 Å². The Kier molecular flexibility index (Phi) is 9.56. The van der Waals surface area contributed by atoms with Crippen molar-refractivity contribution in [1.82, 2.24) is 15.4 Å². The number of pyridine rings is 1. The summed E-state index contributed by atoms with van der Waals surface area (Å²) in [6.07, 6.45) is 8.66. The van der Waals surface area contributed by atoms with Crippen LogP contribution in [0.5, 0.6) is 5.75 Å². The lowest BCUT2D eigenvalue weighted by molar-refractivity contribution is -0.143. The van der Waals surface area contributed by atoms with Crippen LogP contribution in [0.2, 0.25) is 0 Å². The van der Waals surface area contributed by atoms with Crippen molar-refractivity contribution >= 4 is 34.3 Å². The minimum Gasteiger partial charge on any atom is -0.497 e. The number of thioether (sulfide) groups is 1. The predicted octanol–water partition coefficient (Wildman–Crippen LogP) is 4.39. The molecule has 1 aliphatic carbocycles. The van der Waals surface area contributed by atoms with E-state index >= 15 is 0 Å². The van der Waals surface area contributed by atoms with Crippen LogP contribution in [0, 0.1) is 5.41 Å². The maximum Gasteiger partial charge on any atom is 0.249 e. The number of amides is 1. The highest BCUT2D eigenvalue weighted by atomic mass is 32.2. The monoisotopic (exact) mass is 530 g/mol. The molecule has 9 heteroatoms. The lowest BCUT2D eigenvalue weighted by Crippen LogP contribution is -2.48. The second-order valence-electron chi connectivity index (χ2n) is 10.7. The Morgan fingerprint density at radius 2 is 2.03 bits per heavy atom. The van der Waals surface area contributed by atoms with Crippen molar-refractivity contribution in [2.24, 2.45) is 5.41 Å². The van der Waals surface area contributed by atoms with Gasteiger partial charge in [0.1, 0.15) is 5.75 Å². The highest BCUT2D eigenvalue weighted by Crippen LogP contribution is 2.41. The molecule has 2 aromatic rings.